The van der Waals surface area contributed by atoms with Crippen LogP contribution in [-0.4, -0.2) is 31.8 Å². The van der Waals surface area contributed by atoms with E-state index in [4.69, 9.17) is 14.2 Å². The predicted octanol–water partition coefficient (Wildman–Crippen LogP) is 2.85. The van der Waals surface area contributed by atoms with E-state index < -0.39 is 0 Å². The Morgan fingerprint density at radius 2 is 1.90 bits per heavy atom. The standard InChI is InChI=1S/C15H23NO4/c1-5-18-12-7-8-14(19-6-2)13(9-12)16-10-15(17)20-11(3)4/h7-9,11,16H,5-6,10H2,1-4H3. The molecule has 0 saturated carbocycles. The highest BCUT2D eigenvalue weighted by Crippen LogP contribution is 2.29. The average molecular weight is 281 g/mol. The van der Waals surface area contributed by atoms with Gasteiger partial charge in [0.05, 0.1) is 25.0 Å². The van der Waals surface area contributed by atoms with Crippen molar-refractivity contribution in [2.24, 2.45) is 0 Å². The van der Waals surface area contributed by atoms with Crippen molar-refractivity contribution >= 4 is 11.7 Å². The molecule has 5 nitrogen and oxygen atoms in total. The molecule has 0 radical (unpaired) electrons. The minimum absolute atomic E-state index is 0.0911. The van der Waals surface area contributed by atoms with E-state index >= 15 is 0 Å². The smallest absolute Gasteiger partial charge is 0.325 e. The number of rotatable bonds is 8. The maximum Gasteiger partial charge on any atom is 0.325 e. The van der Waals surface area contributed by atoms with Crippen LogP contribution in [0.2, 0.25) is 0 Å². The number of esters is 1. The fraction of sp³-hybridized carbons (Fsp3) is 0.533. The first-order chi connectivity index (χ1) is 9.56. The Labute approximate surface area is 120 Å². The summed E-state index contributed by atoms with van der Waals surface area (Å²) in [5.41, 5.74) is 0.721. The molecule has 1 aromatic carbocycles. The molecule has 0 spiro atoms. The summed E-state index contributed by atoms with van der Waals surface area (Å²) in [6, 6.07) is 5.48. The van der Waals surface area contributed by atoms with Crippen molar-refractivity contribution < 1.29 is 19.0 Å². The van der Waals surface area contributed by atoms with Crippen LogP contribution in [0.4, 0.5) is 5.69 Å². The summed E-state index contributed by atoms with van der Waals surface area (Å²) in [5.74, 6) is 1.12. The van der Waals surface area contributed by atoms with Crippen LogP contribution >= 0.6 is 0 Å². The van der Waals surface area contributed by atoms with E-state index in [1.807, 2.05) is 45.9 Å². The van der Waals surface area contributed by atoms with Crippen molar-refractivity contribution in [3.05, 3.63) is 18.2 Å². The lowest BCUT2D eigenvalue weighted by atomic mass is 10.2. The number of anilines is 1. The van der Waals surface area contributed by atoms with Gasteiger partial charge in [0.1, 0.15) is 18.0 Å². The van der Waals surface area contributed by atoms with Gasteiger partial charge in [-0.3, -0.25) is 4.79 Å². The summed E-state index contributed by atoms with van der Waals surface area (Å²) in [6.45, 7) is 8.70. The molecule has 0 aliphatic rings. The van der Waals surface area contributed by atoms with Crippen molar-refractivity contribution in [2.45, 2.75) is 33.8 Å². The van der Waals surface area contributed by atoms with Crippen LogP contribution in [0.3, 0.4) is 0 Å². The lowest BCUT2D eigenvalue weighted by Crippen LogP contribution is -2.20. The number of hydrogen-bond donors (Lipinski definition) is 1. The van der Waals surface area contributed by atoms with Gasteiger partial charge in [-0.15, -0.1) is 0 Å². The van der Waals surface area contributed by atoms with Gasteiger partial charge in [-0.05, 0) is 39.8 Å². The van der Waals surface area contributed by atoms with Crippen LogP contribution in [0.15, 0.2) is 18.2 Å². The molecule has 20 heavy (non-hydrogen) atoms. The molecule has 0 fully saturated rings. The van der Waals surface area contributed by atoms with Crippen LogP contribution < -0.4 is 14.8 Å². The normalized spacial score (nSPS) is 10.2. The molecular formula is C15H23NO4. The molecule has 0 bridgehead atoms. The van der Waals surface area contributed by atoms with Crippen LogP contribution in [-0.2, 0) is 9.53 Å². The summed E-state index contributed by atoms with van der Waals surface area (Å²) in [6.07, 6.45) is -0.120. The molecule has 0 unspecified atom stereocenters. The molecule has 0 aliphatic carbocycles. The molecule has 0 aromatic heterocycles. The average Bonchev–Trinajstić information content (AvgIpc) is 2.38. The highest BCUT2D eigenvalue weighted by molar-refractivity contribution is 5.76. The summed E-state index contributed by atoms with van der Waals surface area (Å²) >= 11 is 0. The van der Waals surface area contributed by atoms with E-state index in [2.05, 4.69) is 5.32 Å². The summed E-state index contributed by atoms with van der Waals surface area (Å²) < 4.78 is 16.0. The van der Waals surface area contributed by atoms with Crippen molar-refractivity contribution in [1.82, 2.24) is 0 Å². The van der Waals surface area contributed by atoms with E-state index in [9.17, 15) is 4.79 Å². The van der Waals surface area contributed by atoms with Crippen molar-refractivity contribution in [3.8, 4) is 11.5 Å². The SMILES string of the molecule is CCOc1ccc(OCC)c(NCC(=O)OC(C)C)c1. The van der Waals surface area contributed by atoms with Gasteiger partial charge in [0.25, 0.3) is 0 Å². The maximum absolute atomic E-state index is 11.5. The zero-order chi connectivity index (χ0) is 15.0. The van der Waals surface area contributed by atoms with Crippen LogP contribution in [0, 0.1) is 0 Å². The molecule has 0 atom stereocenters. The molecular weight excluding hydrogens is 258 g/mol. The van der Waals surface area contributed by atoms with Crippen molar-refractivity contribution in [2.75, 3.05) is 25.1 Å². The summed E-state index contributed by atoms with van der Waals surface area (Å²) in [4.78, 5) is 11.5. The van der Waals surface area contributed by atoms with Gasteiger partial charge >= 0.3 is 5.97 Å². The molecule has 0 aliphatic heterocycles. The number of benzene rings is 1. The molecule has 0 saturated heterocycles. The largest absolute Gasteiger partial charge is 0.494 e. The third-order valence-electron chi connectivity index (χ3n) is 2.35. The van der Waals surface area contributed by atoms with Gasteiger partial charge in [0.2, 0.25) is 0 Å². The summed E-state index contributed by atoms with van der Waals surface area (Å²) in [7, 11) is 0. The second-order valence-electron chi connectivity index (χ2n) is 4.42. The van der Waals surface area contributed by atoms with Crippen molar-refractivity contribution in [1.29, 1.82) is 0 Å². The number of hydrogen-bond acceptors (Lipinski definition) is 5. The Kier molecular flexibility index (Phi) is 6.70. The Balaban J connectivity index is 2.73. The fourth-order valence-electron chi connectivity index (χ4n) is 1.66. The minimum atomic E-state index is -0.302. The maximum atomic E-state index is 11.5. The van der Waals surface area contributed by atoms with Crippen molar-refractivity contribution in [3.63, 3.8) is 0 Å². The fourth-order valence-corrected chi connectivity index (χ4v) is 1.66. The lowest BCUT2D eigenvalue weighted by molar-refractivity contribution is -0.145. The highest BCUT2D eigenvalue weighted by Gasteiger charge is 2.09. The van der Waals surface area contributed by atoms with Gasteiger partial charge in [0, 0.05) is 6.07 Å². The first kappa shape index (κ1) is 16.1. The first-order valence-electron chi connectivity index (χ1n) is 6.89. The summed E-state index contributed by atoms with van der Waals surface area (Å²) in [5, 5.41) is 3.02. The molecule has 1 N–H and O–H groups in total. The number of nitrogens with one attached hydrogen (secondary N) is 1. The van der Waals surface area contributed by atoms with Crippen LogP contribution in [0.25, 0.3) is 0 Å². The number of ether oxygens (including phenoxy) is 3. The van der Waals surface area contributed by atoms with E-state index in [0.29, 0.717) is 19.0 Å². The minimum Gasteiger partial charge on any atom is -0.494 e. The third kappa shape index (κ3) is 5.38. The van der Waals surface area contributed by atoms with Gasteiger partial charge in [0.15, 0.2) is 0 Å². The second-order valence-corrected chi connectivity index (χ2v) is 4.42. The highest BCUT2D eigenvalue weighted by atomic mass is 16.5. The Hall–Kier alpha value is -1.91. The Morgan fingerprint density at radius 1 is 1.20 bits per heavy atom. The lowest BCUT2D eigenvalue weighted by Gasteiger charge is -2.14. The van der Waals surface area contributed by atoms with E-state index in [-0.39, 0.29) is 18.6 Å². The topological polar surface area (TPSA) is 56.8 Å². The van der Waals surface area contributed by atoms with Gasteiger partial charge in [-0.2, -0.15) is 0 Å². The van der Waals surface area contributed by atoms with Crippen LogP contribution in [0.1, 0.15) is 27.7 Å². The third-order valence-corrected chi connectivity index (χ3v) is 2.35. The van der Waals surface area contributed by atoms with Gasteiger partial charge in [-0.25, -0.2) is 0 Å². The predicted molar refractivity (Wildman–Crippen MR) is 78.5 cm³/mol. The van der Waals surface area contributed by atoms with Gasteiger partial charge < -0.3 is 19.5 Å². The number of carbonyl (C=O) groups excluding carboxylic acids is 1. The van der Waals surface area contributed by atoms with E-state index in [1.54, 1.807) is 0 Å². The van der Waals surface area contributed by atoms with E-state index in [1.165, 1.54) is 0 Å². The Morgan fingerprint density at radius 3 is 2.50 bits per heavy atom. The van der Waals surface area contributed by atoms with E-state index in [0.717, 1.165) is 11.4 Å². The first-order valence-corrected chi connectivity index (χ1v) is 6.89. The molecule has 5 heteroatoms. The quantitative estimate of drug-likeness (QED) is 0.743. The zero-order valence-electron chi connectivity index (χ0n) is 12.6. The molecule has 112 valence electrons. The molecule has 1 aromatic rings. The zero-order valence-corrected chi connectivity index (χ0v) is 12.6. The molecule has 0 amide bonds. The Bertz CT molecular complexity index is 432. The molecule has 0 heterocycles. The number of carbonyl (C=O) groups is 1. The van der Waals surface area contributed by atoms with Gasteiger partial charge in [-0.1, -0.05) is 0 Å². The monoisotopic (exact) mass is 281 g/mol. The van der Waals surface area contributed by atoms with Crippen LogP contribution in [0.5, 0.6) is 11.5 Å². The second kappa shape index (κ2) is 8.30. The molecule has 1 rings (SSSR count).